The van der Waals surface area contributed by atoms with E-state index in [0.29, 0.717) is 10.5 Å². The molecule has 0 bridgehead atoms. The second-order valence-corrected chi connectivity index (χ2v) is 5.60. The molecule has 0 saturated carbocycles. The van der Waals surface area contributed by atoms with Gasteiger partial charge in [-0.25, -0.2) is 0 Å². The van der Waals surface area contributed by atoms with Gasteiger partial charge in [-0.3, -0.25) is 4.90 Å². The molecule has 0 spiro atoms. The van der Waals surface area contributed by atoms with Crippen LogP contribution in [0.3, 0.4) is 0 Å². The molecule has 0 atom stereocenters. The van der Waals surface area contributed by atoms with Crippen LogP contribution >= 0.6 is 12.2 Å². The van der Waals surface area contributed by atoms with Crippen LogP contribution in [-0.2, 0) is 0 Å². The lowest BCUT2D eigenvalue weighted by Gasteiger charge is -2.45. The van der Waals surface area contributed by atoms with E-state index >= 15 is 0 Å². The molecule has 0 unspecified atom stereocenters. The third-order valence-corrected chi connectivity index (χ3v) is 3.50. The number of hydrogen-bond donors (Lipinski definition) is 1. The highest BCUT2D eigenvalue weighted by molar-refractivity contribution is 7.80. The fourth-order valence-electron chi connectivity index (χ4n) is 2.01. The zero-order chi connectivity index (χ0) is 11.5. The number of piperazine rings is 1. The van der Waals surface area contributed by atoms with E-state index in [1.165, 1.54) is 0 Å². The Balaban J connectivity index is 2.30. The maximum absolute atomic E-state index is 5.49. The summed E-state index contributed by atoms with van der Waals surface area (Å²) >= 11 is 4.88. The first-order chi connectivity index (χ1) is 6.92. The Hall–Kier alpha value is -0.190. The fraction of sp³-hybridized carbons (Fsp3) is 0.909. The van der Waals surface area contributed by atoms with Gasteiger partial charge in [0.25, 0.3) is 0 Å². The Morgan fingerprint density at radius 1 is 1.40 bits per heavy atom. The fourth-order valence-corrected chi connectivity index (χ4v) is 2.15. The number of likely N-dealkylation sites (N-methyl/N-ethyl adjacent to an activating group) is 1. The van der Waals surface area contributed by atoms with E-state index < -0.39 is 0 Å². The molecular weight excluding hydrogens is 206 g/mol. The lowest BCUT2D eigenvalue weighted by molar-refractivity contribution is 0.0399. The zero-order valence-electron chi connectivity index (χ0n) is 10.1. The van der Waals surface area contributed by atoms with Crippen molar-refractivity contribution in [3.63, 3.8) is 0 Å². The van der Waals surface area contributed by atoms with Crippen LogP contribution in [-0.4, -0.2) is 53.6 Å². The Labute approximate surface area is 98.6 Å². The van der Waals surface area contributed by atoms with Crippen LogP contribution in [0.4, 0.5) is 0 Å². The minimum Gasteiger partial charge on any atom is -0.393 e. The molecule has 0 aromatic rings. The molecule has 3 nitrogen and oxygen atoms in total. The standard InChI is InChI=1S/C11H23N3S/c1-11(2)9-14(8-7-13(11)3)6-4-5-10(12)15/h4-9H2,1-3H3,(H2,12,15). The van der Waals surface area contributed by atoms with Gasteiger partial charge in [-0.1, -0.05) is 12.2 Å². The molecule has 15 heavy (non-hydrogen) atoms. The van der Waals surface area contributed by atoms with Crippen LogP contribution in [0, 0.1) is 0 Å². The van der Waals surface area contributed by atoms with E-state index in [2.05, 4.69) is 30.7 Å². The molecule has 0 aromatic carbocycles. The third kappa shape index (κ3) is 4.05. The quantitative estimate of drug-likeness (QED) is 0.731. The molecule has 1 aliphatic rings. The Morgan fingerprint density at radius 2 is 2.07 bits per heavy atom. The van der Waals surface area contributed by atoms with Gasteiger partial charge in [-0.05, 0) is 40.3 Å². The van der Waals surface area contributed by atoms with Crippen molar-refractivity contribution in [1.29, 1.82) is 0 Å². The molecule has 2 N–H and O–H groups in total. The largest absolute Gasteiger partial charge is 0.393 e. The van der Waals surface area contributed by atoms with Crippen LogP contribution in [0.15, 0.2) is 0 Å². The molecule has 1 rings (SSSR count). The molecular formula is C11H23N3S. The Kier molecular flexibility index (Phi) is 4.49. The van der Waals surface area contributed by atoms with Crippen molar-refractivity contribution in [1.82, 2.24) is 9.80 Å². The van der Waals surface area contributed by atoms with Crippen LogP contribution in [0.1, 0.15) is 26.7 Å². The Morgan fingerprint density at radius 3 is 2.60 bits per heavy atom. The number of nitrogens with zero attached hydrogens (tertiary/aromatic N) is 2. The van der Waals surface area contributed by atoms with Crippen molar-refractivity contribution in [2.75, 3.05) is 33.2 Å². The first kappa shape index (κ1) is 12.9. The van der Waals surface area contributed by atoms with E-state index in [1.54, 1.807) is 0 Å². The minimum absolute atomic E-state index is 0.293. The predicted octanol–water partition coefficient (Wildman–Crippen LogP) is 1.08. The van der Waals surface area contributed by atoms with Gasteiger partial charge in [0, 0.05) is 25.2 Å². The van der Waals surface area contributed by atoms with Crippen molar-refractivity contribution in [2.45, 2.75) is 32.2 Å². The van der Waals surface area contributed by atoms with Crippen LogP contribution < -0.4 is 5.73 Å². The SMILES string of the molecule is CN1CCN(CCCC(N)=S)CC1(C)C. The van der Waals surface area contributed by atoms with Crippen LogP contribution in [0.5, 0.6) is 0 Å². The number of nitrogens with two attached hydrogens (primary N) is 1. The molecule has 0 amide bonds. The average Bonchev–Trinajstić information content (AvgIpc) is 2.10. The van der Waals surface area contributed by atoms with Gasteiger partial charge in [-0.15, -0.1) is 0 Å². The van der Waals surface area contributed by atoms with Gasteiger partial charge in [0.05, 0.1) is 4.99 Å². The van der Waals surface area contributed by atoms with Crippen molar-refractivity contribution in [3.8, 4) is 0 Å². The first-order valence-corrected chi connectivity index (χ1v) is 6.04. The van der Waals surface area contributed by atoms with E-state index in [4.69, 9.17) is 18.0 Å². The summed E-state index contributed by atoms with van der Waals surface area (Å²) in [6, 6.07) is 0. The third-order valence-electron chi connectivity index (χ3n) is 3.29. The highest BCUT2D eigenvalue weighted by atomic mass is 32.1. The summed E-state index contributed by atoms with van der Waals surface area (Å²) in [6.07, 6.45) is 1.97. The van der Waals surface area contributed by atoms with Gasteiger partial charge in [0.2, 0.25) is 0 Å². The van der Waals surface area contributed by atoms with E-state index in [0.717, 1.165) is 39.0 Å². The summed E-state index contributed by atoms with van der Waals surface area (Å²) in [6.45, 7) is 9.17. The average molecular weight is 229 g/mol. The molecule has 1 aliphatic heterocycles. The molecule has 88 valence electrons. The van der Waals surface area contributed by atoms with Gasteiger partial charge in [0.15, 0.2) is 0 Å². The normalized spacial score (nSPS) is 22.9. The van der Waals surface area contributed by atoms with E-state index in [9.17, 15) is 0 Å². The molecule has 1 saturated heterocycles. The van der Waals surface area contributed by atoms with Crippen molar-refractivity contribution in [3.05, 3.63) is 0 Å². The minimum atomic E-state index is 0.293. The predicted molar refractivity (Wildman–Crippen MR) is 69.2 cm³/mol. The highest BCUT2D eigenvalue weighted by Gasteiger charge is 2.30. The molecule has 0 radical (unpaired) electrons. The summed E-state index contributed by atoms with van der Waals surface area (Å²) in [5.74, 6) is 0. The molecule has 4 heteroatoms. The van der Waals surface area contributed by atoms with E-state index in [-0.39, 0.29) is 0 Å². The molecule has 1 fully saturated rings. The Bertz CT molecular complexity index is 228. The lowest BCUT2D eigenvalue weighted by Crippen LogP contribution is -2.57. The zero-order valence-corrected chi connectivity index (χ0v) is 10.9. The maximum atomic E-state index is 5.49. The summed E-state index contributed by atoms with van der Waals surface area (Å²) in [5.41, 5.74) is 5.78. The van der Waals surface area contributed by atoms with Gasteiger partial charge in [-0.2, -0.15) is 0 Å². The van der Waals surface area contributed by atoms with Crippen LogP contribution in [0.25, 0.3) is 0 Å². The van der Waals surface area contributed by atoms with Gasteiger partial charge >= 0.3 is 0 Å². The topological polar surface area (TPSA) is 32.5 Å². The molecule has 0 aromatic heterocycles. The first-order valence-electron chi connectivity index (χ1n) is 5.64. The van der Waals surface area contributed by atoms with Gasteiger partial charge in [0.1, 0.15) is 0 Å². The van der Waals surface area contributed by atoms with Crippen LogP contribution in [0.2, 0.25) is 0 Å². The second kappa shape index (κ2) is 5.23. The molecule has 0 aliphatic carbocycles. The number of rotatable bonds is 4. The van der Waals surface area contributed by atoms with Crippen molar-refractivity contribution in [2.24, 2.45) is 5.73 Å². The number of hydrogen-bond acceptors (Lipinski definition) is 3. The van der Waals surface area contributed by atoms with Gasteiger partial charge < -0.3 is 10.6 Å². The smallest absolute Gasteiger partial charge is 0.0727 e. The summed E-state index contributed by atoms with van der Waals surface area (Å²) in [5, 5.41) is 0. The van der Waals surface area contributed by atoms with Crippen molar-refractivity contribution >= 4 is 17.2 Å². The highest BCUT2D eigenvalue weighted by Crippen LogP contribution is 2.18. The summed E-state index contributed by atoms with van der Waals surface area (Å²) < 4.78 is 0. The lowest BCUT2D eigenvalue weighted by atomic mass is 9.99. The van der Waals surface area contributed by atoms with E-state index in [1.807, 2.05) is 0 Å². The second-order valence-electron chi connectivity index (χ2n) is 5.08. The molecule has 1 heterocycles. The maximum Gasteiger partial charge on any atom is 0.0727 e. The number of thiocarbonyl (C=S) groups is 1. The summed E-state index contributed by atoms with van der Waals surface area (Å²) in [7, 11) is 2.20. The monoisotopic (exact) mass is 229 g/mol. The summed E-state index contributed by atoms with van der Waals surface area (Å²) in [4.78, 5) is 5.58. The van der Waals surface area contributed by atoms with Crippen molar-refractivity contribution < 1.29 is 0 Å².